The van der Waals surface area contributed by atoms with Crippen LogP contribution in [0.4, 0.5) is 0 Å². The molecule has 0 spiro atoms. The minimum Gasteiger partial charge on any atom is -0.373 e. The minimum absolute atomic E-state index is 0.0122. The Balaban J connectivity index is 1.47. The van der Waals surface area contributed by atoms with Crippen molar-refractivity contribution < 1.29 is 9.53 Å². The number of hydrogen-bond acceptors (Lipinski definition) is 5. The normalized spacial score (nSPS) is 24.6. The molecule has 7 heteroatoms. The number of ether oxygens (including phenoxy) is 1. The lowest BCUT2D eigenvalue weighted by molar-refractivity contribution is -0.0503. The Morgan fingerprint density at radius 1 is 1.35 bits per heavy atom. The minimum atomic E-state index is -0.0122. The molecule has 0 radical (unpaired) electrons. The number of hydrogen-bond donors (Lipinski definition) is 1. The number of carbonyl (C=O) groups excluding carboxylic acids is 1. The van der Waals surface area contributed by atoms with E-state index in [4.69, 9.17) is 4.74 Å². The molecule has 2 saturated heterocycles. The Kier molecular flexibility index (Phi) is 3.80. The van der Waals surface area contributed by atoms with Crippen LogP contribution in [0.15, 0.2) is 36.8 Å². The first-order chi connectivity index (χ1) is 11.3. The van der Waals surface area contributed by atoms with Gasteiger partial charge in [0.15, 0.2) is 0 Å². The van der Waals surface area contributed by atoms with Crippen molar-refractivity contribution in [2.24, 2.45) is 0 Å². The van der Waals surface area contributed by atoms with Gasteiger partial charge in [0.1, 0.15) is 5.69 Å². The average Bonchev–Trinajstić information content (AvgIpc) is 3.25. The molecule has 0 unspecified atom stereocenters. The fourth-order valence-corrected chi connectivity index (χ4v) is 3.39. The second-order valence-electron chi connectivity index (χ2n) is 5.99. The number of likely N-dealkylation sites (tertiary alicyclic amines) is 1. The summed E-state index contributed by atoms with van der Waals surface area (Å²) in [5.74, 6) is -0.0122. The van der Waals surface area contributed by atoms with E-state index < -0.39 is 0 Å². The summed E-state index contributed by atoms with van der Waals surface area (Å²) in [4.78, 5) is 20.9. The monoisotopic (exact) mass is 313 g/mol. The lowest BCUT2D eigenvalue weighted by atomic mass is 10.1. The van der Waals surface area contributed by atoms with Crippen molar-refractivity contribution in [3.05, 3.63) is 48.0 Å². The smallest absolute Gasteiger partial charge is 0.272 e. The number of carbonyl (C=O) groups is 1. The van der Waals surface area contributed by atoms with Crippen LogP contribution in [0.1, 0.15) is 16.1 Å². The van der Waals surface area contributed by atoms with Crippen LogP contribution in [0.25, 0.3) is 0 Å². The number of aromatic nitrogens is 3. The van der Waals surface area contributed by atoms with Crippen LogP contribution >= 0.6 is 0 Å². The standard InChI is InChI=1S/C16H19N5O2/c22-16(13-3-5-18-19-13)21-10-14-15(11-21)23-7-6-20(14)9-12-2-1-4-17-8-12/h1-5,8,14-15H,6-7,9-11H2,(H,18,19)/t14-,15+/m1/s1. The van der Waals surface area contributed by atoms with Crippen molar-refractivity contribution in [3.8, 4) is 0 Å². The molecule has 2 fully saturated rings. The van der Waals surface area contributed by atoms with Gasteiger partial charge in [-0.3, -0.25) is 19.8 Å². The summed E-state index contributed by atoms with van der Waals surface area (Å²) in [5.41, 5.74) is 1.72. The van der Waals surface area contributed by atoms with Gasteiger partial charge in [-0.25, -0.2) is 0 Å². The van der Waals surface area contributed by atoms with Crippen LogP contribution in [0, 0.1) is 0 Å². The van der Waals surface area contributed by atoms with E-state index in [-0.39, 0.29) is 18.1 Å². The van der Waals surface area contributed by atoms with Gasteiger partial charge in [0.05, 0.1) is 18.8 Å². The van der Waals surface area contributed by atoms with Crippen LogP contribution in [0.2, 0.25) is 0 Å². The number of morpholine rings is 1. The number of amides is 1. The predicted octanol–water partition coefficient (Wildman–Crippen LogP) is 0.530. The third kappa shape index (κ3) is 2.85. The van der Waals surface area contributed by atoms with Gasteiger partial charge in [0, 0.05) is 44.8 Å². The van der Waals surface area contributed by atoms with Crippen molar-refractivity contribution >= 4 is 5.91 Å². The van der Waals surface area contributed by atoms with E-state index in [0.717, 1.165) is 13.1 Å². The van der Waals surface area contributed by atoms with E-state index in [1.807, 2.05) is 17.2 Å². The van der Waals surface area contributed by atoms with Gasteiger partial charge in [-0.1, -0.05) is 6.07 Å². The van der Waals surface area contributed by atoms with E-state index in [1.165, 1.54) is 5.56 Å². The molecule has 7 nitrogen and oxygen atoms in total. The molecule has 2 aromatic heterocycles. The summed E-state index contributed by atoms with van der Waals surface area (Å²) in [5, 5.41) is 6.60. The molecular formula is C16H19N5O2. The van der Waals surface area contributed by atoms with Gasteiger partial charge in [0.25, 0.3) is 5.91 Å². The zero-order valence-corrected chi connectivity index (χ0v) is 12.8. The number of fused-ring (bicyclic) bond motifs is 1. The molecule has 2 aliphatic heterocycles. The maximum absolute atomic E-state index is 12.5. The molecular weight excluding hydrogens is 294 g/mol. The quantitative estimate of drug-likeness (QED) is 0.895. The Labute approximate surface area is 134 Å². The highest BCUT2D eigenvalue weighted by Gasteiger charge is 2.42. The molecule has 0 aromatic carbocycles. The largest absolute Gasteiger partial charge is 0.373 e. The van der Waals surface area contributed by atoms with Gasteiger partial charge < -0.3 is 9.64 Å². The lowest BCUT2D eigenvalue weighted by Gasteiger charge is -2.36. The van der Waals surface area contributed by atoms with E-state index in [2.05, 4.69) is 26.1 Å². The van der Waals surface area contributed by atoms with E-state index >= 15 is 0 Å². The van der Waals surface area contributed by atoms with Crippen molar-refractivity contribution in [2.75, 3.05) is 26.2 Å². The van der Waals surface area contributed by atoms with Crippen LogP contribution in [0.3, 0.4) is 0 Å². The molecule has 2 atom stereocenters. The van der Waals surface area contributed by atoms with Crippen molar-refractivity contribution in [3.63, 3.8) is 0 Å². The molecule has 2 aliphatic rings. The highest BCUT2D eigenvalue weighted by Crippen LogP contribution is 2.25. The SMILES string of the molecule is O=C(c1ccn[nH]1)N1C[C@@H]2OCCN(Cc3cccnc3)[C@@H]2C1. The van der Waals surface area contributed by atoms with Gasteiger partial charge in [-0.05, 0) is 17.7 Å². The summed E-state index contributed by atoms with van der Waals surface area (Å²) in [6, 6.07) is 5.98. The van der Waals surface area contributed by atoms with E-state index in [0.29, 0.717) is 25.4 Å². The van der Waals surface area contributed by atoms with Crippen molar-refractivity contribution in [2.45, 2.75) is 18.7 Å². The van der Waals surface area contributed by atoms with Crippen molar-refractivity contribution in [1.82, 2.24) is 25.0 Å². The summed E-state index contributed by atoms with van der Waals surface area (Å²) >= 11 is 0. The molecule has 4 rings (SSSR count). The molecule has 2 aromatic rings. The number of rotatable bonds is 3. The van der Waals surface area contributed by atoms with E-state index in [1.54, 1.807) is 18.5 Å². The molecule has 0 aliphatic carbocycles. The number of nitrogens with zero attached hydrogens (tertiary/aromatic N) is 4. The second kappa shape index (κ2) is 6.10. The Morgan fingerprint density at radius 3 is 3.09 bits per heavy atom. The maximum Gasteiger partial charge on any atom is 0.272 e. The second-order valence-corrected chi connectivity index (χ2v) is 5.99. The lowest BCUT2D eigenvalue weighted by Crippen LogP contribution is -2.50. The summed E-state index contributed by atoms with van der Waals surface area (Å²) in [7, 11) is 0. The van der Waals surface area contributed by atoms with Crippen LogP contribution < -0.4 is 0 Å². The first-order valence-corrected chi connectivity index (χ1v) is 7.84. The van der Waals surface area contributed by atoms with Gasteiger partial charge in [-0.15, -0.1) is 0 Å². The number of aromatic amines is 1. The molecule has 1 amide bonds. The van der Waals surface area contributed by atoms with Gasteiger partial charge in [-0.2, -0.15) is 5.10 Å². The fourth-order valence-electron chi connectivity index (χ4n) is 3.39. The fraction of sp³-hybridized carbons (Fsp3) is 0.438. The third-order valence-corrected chi connectivity index (χ3v) is 4.54. The zero-order valence-electron chi connectivity index (χ0n) is 12.8. The predicted molar refractivity (Wildman–Crippen MR) is 82.7 cm³/mol. The first kappa shape index (κ1) is 14.3. The molecule has 1 N–H and O–H groups in total. The molecule has 0 saturated carbocycles. The van der Waals surface area contributed by atoms with Gasteiger partial charge in [0.2, 0.25) is 0 Å². The summed E-state index contributed by atoms with van der Waals surface area (Å²) < 4.78 is 5.89. The third-order valence-electron chi connectivity index (χ3n) is 4.54. The molecule has 23 heavy (non-hydrogen) atoms. The van der Waals surface area contributed by atoms with Crippen LogP contribution in [-0.2, 0) is 11.3 Å². The summed E-state index contributed by atoms with van der Waals surface area (Å²) in [6.07, 6.45) is 5.35. The highest BCUT2D eigenvalue weighted by atomic mass is 16.5. The average molecular weight is 313 g/mol. The number of pyridine rings is 1. The van der Waals surface area contributed by atoms with Gasteiger partial charge >= 0.3 is 0 Å². The Morgan fingerprint density at radius 2 is 2.30 bits per heavy atom. The maximum atomic E-state index is 12.5. The van der Waals surface area contributed by atoms with Crippen molar-refractivity contribution in [1.29, 1.82) is 0 Å². The number of nitrogens with one attached hydrogen (secondary N) is 1. The molecule has 0 bridgehead atoms. The van der Waals surface area contributed by atoms with Crippen LogP contribution in [0.5, 0.6) is 0 Å². The zero-order chi connectivity index (χ0) is 15.6. The topological polar surface area (TPSA) is 74.3 Å². The molecule has 4 heterocycles. The summed E-state index contributed by atoms with van der Waals surface area (Å²) in [6.45, 7) is 3.73. The Hall–Kier alpha value is -2.25. The first-order valence-electron chi connectivity index (χ1n) is 7.84. The molecule has 120 valence electrons. The van der Waals surface area contributed by atoms with Crippen LogP contribution in [-0.4, -0.2) is 69.3 Å². The number of H-pyrrole nitrogens is 1. The van der Waals surface area contributed by atoms with E-state index in [9.17, 15) is 4.79 Å². The highest BCUT2D eigenvalue weighted by molar-refractivity contribution is 5.92. The Bertz CT molecular complexity index is 660.